The van der Waals surface area contributed by atoms with Gasteiger partial charge in [0.15, 0.2) is 5.82 Å². The van der Waals surface area contributed by atoms with E-state index in [0.717, 1.165) is 10.4 Å². The van der Waals surface area contributed by atoms with Crippen LogP contribution in [0, 0.1) is 0 Å². The number of hydrogen-bond acceptors (Lipinski definition) is 7. The van der Waals surface area contributed by atoms with E-state index in [0.29, 0.717) is 43.3 Å². The van der Waals surface area contributed by atoms with Crippen molar-refractivity contribution in [1.82, 2.24) is 29.4 Å². The van der Waals surface area contributed by atoms with E-state index in [-0.39, 0.29) is 17.5 Å². The van der Waals surface area contributed by atoms with Crippen LogP contribution >= 0.6 is 11.3 Å². The van der Waals surface area contributed by atoms with Crippen molar-refractivity contribution < 1.29 is 14.7 Å². The number of aromatic nitrogens is 4. The summed E-state index contributed by atoms with van der Waals surface area (Å²) in [7, 11) is 3.53. The normalized spacial score (nSPS) is 15.1. The van der Waals surface area contributed by atoms with Crippen molar-refractivity contribution >= 4 is 34.0 Å². The Hall–Kier alpha value is -3.21. The number of carbonyl (C=O) groups excluding carboxylic acids is 1. The maximum atomic E-state index is 13.4. The summed E-state index contributed by atoms with van der Waals surface area (Å²) in [6.45, 7) is 7.20. The van der Waals surface area contributed by atoms with E-state index in [9.17, 15) is 14.7 Å². The number of thiazole rings is 1. The molecule has 176 valence electrons. The zero-order valence-corrected chi connectivity index (χ0v) is 20.3. The molecular weight excluding hydrogens is 442 g/mol. The molecule has 4 rings (SSSR count). The van der Waals surface area contributed by atoms with Gasteiger partial charge in [-0.25, -0.2) is 19.3 Å². The van der Waals surface area contributed by atoms with E-state index < -0.39 is 6.09 Å². The first kappa shape index (κ1) is 23.0. The van der Waals surface area contributed by atoms with Crippen LogP contribution in [0.2, 0.25) is 0 Å². The van der Waals surface area contributed by atoms with Gasteiger partial charge in [-0.3, -0.25) is 4.79 Å². The van der Waals surface area contributed by atoms with E-state index in [2.05, 4.69) is 30.9 Å². The average Bonchev–Trinajstić information content (AvgIpc) is 3.40. The number of carbonyl (C=O) groups is 2. The fourth-order valence-corrected chi connectivity index (χ4v) is 4.63. The van der Waals surface area contributed by atoms with Gasteiger partial charge in [0.05, 0.1) is 11.8 Å². The number of piperidine rings is 1. The molecule has 0 aliphatic carbocycles. The molecule has 0 spiro atoms. The molecule has 3 aromatic rings. The van der Waals surface area contributed by atoms with Crippen LogP contribution in [0.1, 0.15) is 44.1 Å². The molecule has 10 nitrogen and oxygen atoms in total. The molecule has 1 saturated heterocycles. The Morgan fingerprint density at radius 3 is 2.52 bits per heavy atom. The van der Waals surface area contributed by atoms with Crippen LogP contribution in [0.5, 0.6) is 0 Å². The van der Waals surface area contributed by atoms with Crippen molar-refractivity contribution in [2.75, 3.05) is 32.1 Å². The molecule has 3 aromatic heterocycles. The molecule has 4 heterocycles. The second kappa shape index (κ2) is 8.62. The number of carboxylic acid groups (broad SMARTS) is 1. The van der Waals surface area contributed by atoms with Crippen LogP contribution < -0.4 is 4.90 Å². The predicted molar refractivity (Wildman–Crippen MR) is 127 cm³/mol. The van der Waals surface area contributed by atoms with E-state index >= 15 is 0 Å². The van der Waals surface area contributed by atoms with Crippen LogP contribution in [-0.4, -0.2) is 85.3 Å². The van der Waals surface area contributed by atoms with Gasteiger partial charge in [-0.1, -0.05) is 0 Å². The predicted octanol–water partition coefficient (Wildman–Crippen LogP) is 3.30. The van der Waals surface area contributed by atoms with Crippen molar-refractivity contribution in [3.05, 3.63) is 29.5 Å². The molecule has 1 fully saturated rings. The minimum Gasteiger partial charge on any atom is -0.465 e. The van der Waals surface area contributed by atoms with Gasteiger partial charge in [0, 0.05) is 56.4 Å². The molecule has 33 heavy (non-hydrogen) atoms. The summed E-state index contributed by atoms with van der Waals surface area (Å²) in [6.07, 6.45) is 3.85. The van der Waals surface area contributed by atoms with Gasteiger partial charge in [0.2, 0.25) is 0 Å². The third-order valence-electron chi connectivity index (χ3n) is 6.26. The lowest BCUT2D eigenvalue weighted by Crippen LogP contribution is -2.47. The molecule has 0 radical (unpaired) electrons. The van der Waals surface area contributed by atoms with E-state index in [1.165, 1.54) is 4.90 Å². The van der Waals surface area contributed by atoms with Crippen LogP contribution in [0.15, 0.2) is 23.8 Å². The fraction of sp³-hybridized carbons (Fsp3) is 0.500. The highest BCUT2D eigenvalue weighted by atomic mass is 32.1. The zero-order valence-electron chi connectivity index (χ0n) is 19.5. The molecule has 1 aliphatic heterocycles. The van der Waals surface area contributed by atoms with Crippen molar-refractivity contribution in [3.63, 3.8) is 0 Å². The van der Waals surface area contributed by atoms with Gasteiger partial charge in [-0.05, 0) is 33.6 Å². The van der Waals surface area contributed by atoms with Gasteiger partial charge >= 0.3 is 6.09 Å². The molecule has 1 N–H and O–H groups in total. The Kier molecular flexibility index (Phi) is 6.00. The van der Waals surface area contributed by atoms with Crippen LogP contribution in [0.3, 0.4) is 0 Å². The van der Waals surface area contributed by atoms with E-state index in [4.69, 9.17) is 4.98 Å². The van der Waals surface area contributed by atoms with Crippen molar-refractivity contribution in [2.45, 2.75) is 45.2 Å². The SMILES string of the molecule is CN(C(=O)O)C1CCN(C(=O)c2cc(N(C)C(C)(C)C)nc(-c3cnn4ccsc34)n2)CC1. The summed E-state index contributed by atoms with van der Waals surface area (Å²) in [5.41, 5.74) is 0.903. The standard InChI is InChI=1S/C22H29N7O3S/c1-22(2,3)27(5)17-12-16(19(30)28-8-6-14(7-9-28)26(4)21(31)32)24-18(25-17)15-13-23-29-10-11-33-20(15)29/h10-14H,6-9H2,1-5H3,(H,31,32). The topological polar surface area (TPSA) is 107 Å². The molecular formula is C22H29N7O3S. The monoisotopic (exact) mass is 471 g/mol. The van der Waals surface area contributed by atoms with Gasteiger partial charge in [-0.15, -0.1) is 11.3 Å². The highest BCUT2D eigenvalue weighted by molar-refractivity contribution is 7.16. The first-order valence-corrected chi connectivity index (χ1v) is 11.7. The molecule has 0 aromatic carbocycles. The zero-order chi connectivity index (χ0) is 23.9. The molecule has 11 heteroatoms. The fourth-order valence-electron chi connectivity index (χ4n) is 3.83. The van der Waals surface area contributed by atoms with Crippen LogP contribution in [0.4, 0.5) is 10.6 Å². The Morgan fingerprint density at radius 2 is 1.88 bits per heavy atom. The smallest absolute Gasteiger partial charge is 0.407 e. The van der Waals surface area contributed by atoms with Gasteiger partial charge in [-0.2, -0.15) is 5.10 Å². The highest BCUT2D eigenvalue weighted by Crippen LogP contribution is 2.29. The first-order chi connectivity index (χ1) is 15.6. The molecule has 0 bridgehead atoms. The number of fused-ring (bicyclic) bond motifs is 1. The molecule has 2 amide bonds. The number of hydrogen-bond donors (Lipinski definition) is 1. The number of anilines is 1. The number of rotatable bonds is 4. The Morgan fingerprint density at radius 1 is 1.18 bits per heavy atom. The number of amides is 2. The van der Waals surface area contributed by atoms with Gasteiger partial charge in [0.25, 0.3) is 5.91 Å². The summed E-state index contributed by atoms with van der Waals surface area (Å²) in [4.78, 5) is 40.1. The molecule has 0 saturated carbocycles. The minimum atomic E-state index is -0.948. The van der Waals surface area contributed by atoms with Crippen molar-refractivity contribution in [3.8, 4) is 11.4 Å². The molecule has 1 aliphatic rings. The lowest BCUT2D eigenvalue weighted by atomic mass is 10.0. The highest BCUT2D eigenvalue weighted by Gasteiger charge is 2.30. The number of nitrogens with zero attached hydrogens (tertiary/aromatic N) is 7. The Labute approximate surface area is 196 Å². The summed E-state index contributed by atoms with van der Waals surface area (Å²) < 4.78 is 1.77. The van der Waals surface area contributed by atoms with Crippen LogP contribution in [-0.2, 0) is 0 Å². The minimum absolute atomic E-state index is 0.0883. The maximum absolute atomic E-state index is 13.4. The third kappa shape index (κ3) is 4.50. The Bertz CT molecular complexity index is 1170. The Balaban J connectivity index is 1.67. The van der Waals surface area contributed by atoms with Crippen LogP contribution in [0.25, 0.3) is 16.2 Å². The van der Waals surface area contributed by atoms with E-state index in [1.54, 1.807) is 40.1 Å². The number of likely N-dealkylation sites (tertiary alicyclic amines) is 1. The quantitative estimate of drug-likeness (QED) is 0.622. The average molecular weight is 472 g/mol. The summed E-state index contributed by atoms with van der Waals surface area (Å²) in [5.74, 6) is 0.949. The van der Waals surface area contributed by atoms with Gasteiger partial charge < -0.3 is 19.8 Å². The largest absolute Gasteiger partial charge is 0.465 e. The first-order valence-electron chi connectivity index (χ1n) is 10.9. The molecule has 0 atom stereocenters. The van der Waals surface area contributed by atoms with E-state index in [1.807, 2.05) is 23.5 Å². The van der Waals surface area contributed by atoms with Gasteiger partial charge in [0.1, 0.15) is 16.3 Å². The second-order valence-corrected chi connectivity index (χ2v) is 10.2. The van der Waals surface area contributed by atoms with Crippen molar-refractivity contribution in [2.24, 2.45) is 0 Å². The third-order valence-corrected chi connectivity index (χ3v) is 7.14. The summed E-state index contributed by atoms with van der Waals surface area (Å²) in [5, 5.41) is 15.5. The van der Waals surface area contributed by atoms with Crippen molar-refractivity contribution in [1.29, 1.82) is 0 Å². The maximum Gasteiger partial charge on any atom is 0.407 e. The summed E-state index contributed by atoms with van der Waals surface area (Å²) >= 11 is 1.54. The second-order valence-electron chi connectivity index (χ2n) is 9.29. The summed E-state index contributed by atoms with van der Waals surface area (Å²) in [6, 6.07) is 1.65. The lowest BCUT2D eigenvalue weighted by Gasteiger charge is -2.36. The molecule has 0 unspecified atom stereocenters. The lowest BCUT2D eigenvalue weighted by molar-refractivity contribution is 0.0638.